The van der Waals surface area contributed by atoms with E-state index in [4.69, 9.17) is 4.74 Å². The second-order valence-electron chi connectivity index (χ2n) is 8.66. The molecule has 8 nitrogen and oxygen atoms in total. The van der Waals surface area contributed by atoms with Crippen LogP contribution >= 0.6 is 0 Å². The number of aliphatic hydroxyl groups is 1. The van der Waals surface area contributed by atoms with E-state index in [0.29, 0.717) is 35.7 Å². The lowest BCUT2D eigenvalue weighted by Gasteiger charge is -2.33. The third-order valence-corrected chi connectivity index (χ3v) is 5.66. The van der Waals surface area contributed by atoms with Gasteiger partial charge >= 0.3 is 0 Å². The van der Waals surface area contributed by atoms with E-state index in [1.165, 1.54) is 0 Å². The van der Waals surface area contributed by atoms with Crippen LogP contribution in [0.3, 0.4) is 0 Å². The number of aliphatic hydroxyl groups excluding tert-OH is 1. The van der Waals surface area contributed by atoms with Crippen LogP contribution in [-0.4, -0.2) is 77.6 Å². The van der Waals surface area contributed by atoms with Gasteiger partial charge in [0, 0.05) is 48.2 Å². The van der Waals surface area contributed by atoms with Gasteiger partial charge in [0.2, 0.25) is 5.91 Å². The van der Waals surface area contributed by atoms with Gasteiger partial charge in [-0.15, -0.1) is 0 Å². The number of hydrogen-bond donors (Lipinski definition) is 2. The Morgan fingerprint density at radius 1 is 1.31 bits per heavy atom. The normalized spacial score (nSPS) is 19.9. The molecule has 2 amide bonds. The molecule has 2 N–H and O–H groups in total. The second kappa shape index (κ2) is 10.6. The molecule has 32 heavy (non-hydrogen) atoms. The molecule has 2 aromatic rings. The first kappa shape index (κ1) is 23.7. The molecule has 0 bridgehead atoms. The van der Waals surface area contributed by atoms with Crippen LogP contribution in [0, 0.1) is 5.92 Å². The largest absolute Gasteiger partial charge is 0.488 e. The predicted molar refractivity (Wildman–Crippen MR) is 123 cm³/mol. The smallest absolute Gasteiger partial charge is 0.255 e. The minimum absolute atomic E-state index is 0.0624. The van der Waals surface area contributed by atoms with Crippen molar-refractivity contribution in [2.45, 2.75) is 32.4 Å². The van der Waals surface area contributed by atoms with Gasteiger partial charge in [0.15, 0.2) is 0 Å². The highest BCUT2D eigenvalue weighted by atomic mass is 16.5. The second-order valence-corrected chi connectivity index (χ2v) is 8.66. The third kappa shape index (κ3) is 5.83. The Morgan fingerprint density at radius 2 is 2.03 bits per heavy atom. The summed E-state index contributed by atoms with van der Waals surface area (Å²) in [5.41, 5.74) is 1.79. The van der Waals surface area contributed by atoms with Crippen molar-refractivity contribution in [3.05, 3.63) is 53.9 Å². The maximum Gasteiger partial charge on any atom is 0.255 e. The van der Waals surface area contributed by atoms with Gasteiger partial charge in [-0.1, -0.05) is 6.92 Å². The number of ether oxygens (including phenoxy) is 1. The van der Waals surface area contributed by atoms with Crippen molar-refractivity contribution in [1.29, 1.82) is 0 Å². The summed E-state index contributed by atoms with van der Waals surface area (Å²) in [5.74, 6) is 0.369. The van der Waals surface area contributed by atoms with Gasteiger partial charge in [0.25, 0.3) is 5.91 Å². The number of nitrogens with zero attached hydrogens (tertiary/aromatic N) is 3. The Bertz CT molecular complexity index is 935. The molecule has 0 saturated carbocycles. The lowest BCUT2D eigenvalue weighted by molar-refractivity contribution is -0.134. The fourth-order valence-corrected chi connectivity index (χ4v) is 3.79. The summed E-state index contributed by atoms with van der Waals surface area (Å²) in [6.45, 7) is 4.99. The summed E-state index contributed by atoms with van der Waals surface area (Å²) in [6, 6.07) is 8.37. The first-order chi connectivity index (χ1) is 15.3. The molecular weight excluding hydrogens is 408 g/mol. The molecule has 0 radical (unpaired) electrons. The van der Waals surface area contributed by atoms with Crippen LogP contribution < -0.4 is 10.1 Å². The highest BCUT2D eigenvalue weighted by molar-refractivity contribution is 6.04. The summed E-state index contributed by atoms with van der Waals surface area (Å²) in [7, 11) is 3.97. The summed E-state index contributed by atoms with van der Waals surface area (Å²) in [4.78, 5) is 33.4. The Labute approximate surface area is 189 Å². The topological polar surface area (TPSA) is 95.0 Å². The first-order valence-electron chi connectivity index (χ1n) is 10.8. The van der Waals surface area contributed by atoms with E-state index < -0.39 is 0 Å². The number of aromatic nitrogens is 1. The zero-order chi connectivity index (χ0) is 23.3. The summed E-state index contributed by atoms with van der Waals surface area (Å²) >= 11 is 0. The van der Waals surface area contributed by atoms with E-state index in [2.05, 4.69) is 22.1 Å². The Hall–Kier alpha value is -2.97. The van der Waals surface area contributed by atoms with E-state index in [1.807, 2.05) is 27.1 Å². The number of benzene rings is 1. The SMILES string of the molecule is C[C@H]1CN([C@@H](C)CO)C(=O)Cc2cc(NC(=O)c3ccncc3)ccc2O[C@H]1CN(C)C. The average molecular weight is 441 g/mol. The van der Waals surface area contributed by atoms with Gasteiger partial charge in [0.1, 0.15) is 11.9 Å². The molecule has 172 valence electrons. The number of rotatable bonds is 6. The number of carbonyl (C=O) groups is 2. The molecule has 0 unspecified atom stereocenters. The first-order valence-corrected chi connectivity index (χ1v) is 10.8. The van der Waals surface area contributed by atoms with E-state index in [-0.39, 0.29) is 42.9 Å². The Morgan fingerprint density at radius 3 is 2.69 bits per heavy atom. The van der Waals surface area contributed by atoms with Crippen LogP contribution in [0.1, 0.15) is 29.8 Å². The van der Waals surface area contributed by atoms with Gasteiger partial charge in [-0.05, 0) is 51.4 Å². The highest BCUT2D eigenvalue weighted by Crippen LogP contribution is 2.29. The van der Waals surface area contributed by atoms with Crippen LogP contribution in [0.25, 0.3) is 0 Å². The van der Waals surface area contributed by atoms with Crippen LogP contribution in [0.2, 0.25) is 0 Å². The highest BCUT2D eigenvalue weighted by Gasteiger charge is 2.30. The maximum absolute atomic E-state index is 13.2. The molecule has 0 spiro atoms. The number of hydrogen-bond acceptors (Lipinski definition) is 6. The minimum atomic E-state index is -0.291. The molecule has 3 atom stereocenters. The molecule has 1 aliphatic rings. The lowest BCUT2D eigenvalue weighted by atomic mass is 10.0. The molecule has 0 saturated heterocycles. The number of carbonyl (C=O) groups excluding carboxylic acids is 2. The Balaban J connectivity index is 1.92. The Kier molecular flexibility index (Phi) is 7.82. The van der Waals surface area contributed by atoms with E-state index in [0.717, 1.165) is 0 Å². The fourth-order valence-electron chi connectivity index (χ4n) is 3.79. The summed E-state index contributed by atoms with van der Waals surface area (Å²) < 4.78 is 6.39. The third-order valence-electron chi connectivity index (χ3n) is 5.66. The monoisotopic (exact) mass is 440 g/mol. The van der Waals surface area contributed by atoms with Gasteiger partial charge < -0.3 is 25.0 Å². The van der Waals surface area contributed by atoms with Gasteiger partial charge in [-0.25, -0.2) is 0 Å². The number of pyridine rings is 1. The molecule has 0 fully saturated rings. The van der Waals surface area contributed by atoms with Crippen molar-refractivity contribution < 1.29 is 19.4 Å². The molecule has 0 aliphatic carbocycles. The standard InChI is InChI=1S/C24H32N4O4/c1-16-13-28(17(2)15-29)23(30)12-19-11-20(26-24(31)18-7-9-25-10-8-18)5-6-21(19)32-22(16)14-27(3)4/h5-11,16-17,22,29H,12-15H2,1-4H3,(H,26,31)/t16-,17-,22-/m0/s1. The quantitative estimate of drug-likeness (QED) is 0.714. The molecule has 1 aromatic carbocycles. The van der Waals surface area contributed by atoms with Gasteiger partial charge in [-0.3, -0.25) is 14.6 Å². The van der Waals surface area contributed by atoms with Crippen molar-refractivity contribution >= 4 is 17.5 Å². The number of nitrogens with one attached hydrogen (secondary N) is 1. The van der Waals surface area contributed by atoms with Crippen LogP contribution in [-0.2, 0) is 11.2 Å². The van der Waals surface area contributed by atoms with Crippen molar-refractivity contribution in [3.63, 3.8) is 0 Å². The van der Waals surface area contributed by atoms with Crippen molar-refractivity contribution in [1.82, 2.24) is 14.8 Å². The molecule has 1 aromatic heterocycles. The van der Waals surface area contributed by atoms with E-state index >= 15 is 0 Å². The van der Waals surface area contributed by atoms with Crippen LogP contribution in [0.4, 0.5) is 5.69 Å². The number of anilines is 1. The molecule has 3 rings (SSSR count). The zero-order valence-corrected chi connectivity index (χ0v) is 19.1. The minimum Gasteiger partial charge on any atom is -0.488 e. The number of fused-ring (bicyclic) bond motifs is 1. The lowest BCUT2D eigenvalue weighted by Crippen LogP contribution is -2.47. The molecule has 1 aliphatic heterocycles. The zero-order valence-electron chi connectivity index (χ0n) is 19.1. The number of likely N-dealkylation sites (N-methyl/N-ethyl adjacent to an activating group) is 1. The molecule has 8 heteroatoms. The predicted octanol–water partition coefficient (Wildman–Crippen LogP) is 2.04. The van der Waals surface area contributed by atoms with E-state index in [1.54, 1.807) is 41.6 Å². The average Bonchev–Trinajstić information content (AvgIpc) is 2.81. The van der Waals surface area contributed by atoms with Gasteiger partial charge in [0.05, 0.1) is 19.1 Å². The number of amides is 2. The van der Waals surface area contributed by atoms with Crippen LogP contribution in [0.5, 0.6) is 5.75 Å². The molecule has 2 heterocycles. The van der Waals surface area contributed by atoms with Crippen molar-refractivity contribution in [2.24, 2.45) is 5.92 Å². The van der Waals surface area contributed by atoms with Crippen molar-refractivity contribution in [2.75, 3.05) is 39.1 Å². The molecular formula is C24H32N4O4. The van der Waals surface area contributed by atoms with Crippen molar-refractivity contribution in [3.8, 4) is 5.75 Å². The van der Waals surface area contributed by atoms with Crippen LogP contribution in [0.15, 0.2) is 42.7 Å². The maximum atomic E-state index is 13.2. The summed E-state index contributed by atoms with van der Waals surface area (Å²) in [5, 5.41) is 12.6. The summed E-state index contributed by atoms with van der Waals surface area (Å²) in [6.07, 6.45) is 3.11. The van der Waals surface area contributed by atoms with Gasteiger partial charge in [-0.2, -0.15) is 0 Å². The van der Waals surface area contributed by atoms with E-state index in [9.17, 15) is 14.7 Å². The fraction of sp³-hybridized carbons (Fsp3) is 0.458.